The summed E-state index contributed by atoms with van der Waals surface area (Å²) in [6.45, 7) is 7.94. The summed E-state index contributed by atoms with van der Waals surface area (Å²) in [6, 6.07) is -0.151. The summed E-state index contributed by atoms with van der Waals surface area (Å²) in [5.41, 5.74) is 5.30. The molecule has 0 radical (unpaired) electrons. The summed E-state index contributed by atoms with van der Waals surface area (Å²) in [5.74, 6) is 0.535. The smallest absolute Gasteiger partial charge is 0.236 e. The molecule has 0 saturated heterocycles. The number of rotatable bonds is 6. The van der Waals surface area contributed by atoms with Crippen molar-refractivity contribution in [2.24, 2.45) is 11.7 Å². The van der Waals surface area contributed by atoms with Crippen molar-refractivity contribution in [2.45, 2.75) is 26.8 Å². The predicted octanol–water partition coefficient (Wildman–Crippen LogP) is -0.305. The summed E-state index contributed by atoms with van der Waals surface area (Å²) in [5, 5.41) is 5.87. The van der Waals surface area contributed by atoms with Gasteiger partial charge in [-0.3, -0.25) is 4.79 Å². The summed E-state index contributed by atoms with van der Waals surface area (Å²) < 4.78 is 0. The van der Waals surface area contributed by atoms with E-state index in [1.165, 1.54) is 0 Å². The molecule has 0 aliphatic heterocycles. The molecule has 4 N–H and O–H groups in total. The molecular weight excluding hydrogens is 166 g/mol. The van der Waals surface area contributed by atoms with Gasteiger partial charge in [-0.2, -0.15) is 0 Å². The third-order valence-corrected chi connectivity index (χ3v) is 1.67. The van der Waals surface area contributed by atoms with Crippen molar-refractivity contribution in [1.82, 2.24) is 10.6 Å². The zero-order valence-corrected chi connectivity index (χ0v) is 8.76. The number of nitrogens with one attached hydrogen (secondary N) is 2. The molecule has 0 spiro atoms. The Labute approximate surface area is 80.3 Å². The van der Waals surface area contributed by atoms with Crippen LogP contribution in [0.25, 0.3) is 0 Å². The van der Waals surface area contributed by atoms with E-state index in [0.717, 1.165) is 6.54 Å². The minimum Gasteiger partial charge on any atom is -0.354 e. The SMILES string of the molecule is CC(C)CNC(=O)C(C)NCCN. The monoisotopic (exact) mass is 187 g/mol. The second kappa shape index (κ2) is 6.86. The number of hydrogen-bond donors (Lipinski definition) is 3. The fourth-order valence-corrected chi connectivity index (χ4v) is 0.850. The van der Waals surface area contributed by atoms with E-state index in [-0.39, 0.29) is 11.9 Å². The molecule has 0 fully saturated rings. The number of amides is 1. The molecule has 1 atom stereocenters. The van der Waals surface area contributed by atoms with Crippen LogP contribution in [-0.4, -0.2) is 31.6 Å². The van der Waals surface area contributed by atoms with E-state index in [2.05, 4.69) is 24.5 Å². The first kappa shape index (κ1) is 12.4. The van der Waals surface area contributed by atoms with Crippen LogP contribution in [0, 0.1) is 5.92 Å². The largest absolute Gasteiger partial charge is 0.354 e. The van der Waals surface area contributed by atoms with Gasteiger partial charge in [0.2, 0.25) is 5.91 Å². The van der Waals surface area contributed by atoms with Crippen molar-refractivity contribution >= 4 is 5.91 Å². The van der Waals surface area contributed by atoms with Crippen LogP contribution in [0.5, 0.6) is 0 Å². The predicted molar refractivity (Wildman–Crippen MR) is 54.4 cm³/mol. The molecule has 1 amide bonds. The van der Waals surface area contributed by atoms with Gasteiger partial charge in [-0.15, -0.1) is 0 Å². The molecule has 4 heteroatoms. The quantitative estimate of drug-likeness (QED) is 0.534. The van der Waals surface area contributed by atoms with Gasteiger partial charge in [0.05, 0.1) is 6.04 Å². The van der Waals surface area contributed by atoms with Crippen molar-refractivity contribution in [3.8, 4) is 0 Å². The van der Waals surface area contributed by atoms with E-state index < -0.39 is 0 Å². The lowest BCUT2D eigenvalue weighted by molar-refractivity contribution is -0.122. The molecule has 0 saturated carbocycles. The molecule has 0 rings (SSSR count). The third-order valence-electron chi connectivity index (χ3n) is 1.67. The Morgan fingerprint density at radius 2 is 2.00 bits per heavy atom. The van der Waals surface area contributed by atoms with Crippen LogP contribution in [-0.2, 0) is 4.79 Å². The maximum Gasteiger partial charge on any atom is 0.236 e. The molecule has 0 aromatic carbocycles. The highest BCUT2D eigenvalue weighted by atomic mass is 16.2. The average molecular weight is 187 g/mol. The van der Waals surface area contributed by atoms with Gasteiger partial charge in [0.25, 0.3) is 0 Å². The number of carbonyl (C=O) groups excluding carboxylic acids is 1. The van der Waals surface area contributed by atoms with Crippen LogP contribution in [0.3, 0.4) is 0 Å². The first-order valence-corrected chi connectivity index (χ1v) is 4.79. The van der Waals surface area contributed by atoms with Crippen LogP contribution in [0.1, 0.15) is 20.8 Å². The van der Waals surface area contributed by atoms with E-state index in [1.807, 2.05) is 6.92 Å². The van der Waals surface area contributed by atoms with Gasteiger partial charge in [0, 0.05) is 19.6 Å². The molecule has 0 aromatic rings. The third kappa shape index (κ3) is 6.54. The maximum atomic E-state index is 11.3. The molecule has 0 aliphatic rings. The lowest BCUT2D eigenvalue weighted by Gasteiger charge is -2.14. The molecule has 78 valence electrons. The Morgan fingerprint density at radius 1 is 1.38 bits per heavy atom. The van der Waals surface area contributed by atoms with Crippen LogP contribution in [0.15, 0.2) is 0 Å². The summed E-state index contributed by atoms with van der Waals surface area (Å²) in [7, 11) is 0. The highest BCUT2D eigenvalue weighted by molar-refractivity contribution is 5.81. The zero-order valence-electron chi connectivity index (χ0n) is 8.76. The molecule has 0 bridgehead atoms. The van der Waals surface area contributed by atoms with Gasteiger partial charge in [0.15, 0.2) is 0 Å². The Hall–Kier alpha value is -0.610. The van der Waals surface area contributed by atoms with Crippen LogP contribution in [0.2, 0.25) is 0 Å². The first-order chi connectivity index (χ1) is 6.07. The highest BCUT2D eigenvalue weighted by Gasteiger charge is 2.10. The molecule has 4 nitrogen and oxygen atoms in total. The van der Waals surface area contributed by atoms with Gasteiger partial charge in [-0.25, -0.2) is 0 Å². The number of carbonyl (C=O) groups is 1. The zero-order chi connectivity index (χ0) is 10.3. The van der Waals surface area contributed by atoms with Crippen molar-refractivity contribution < 1.29 is 4.79 Å². The molecule has 0 aliphatic carbocycles. The topological polar surface area (TPSA) is 67.2 Å². The first-order valence-electron chi connectivity index (χ1n) is 4.79. The summed E-state index contributed by atoms with van der Waals surface area (Å²) >= 11 is 0. The second-order valence-electron chi connectivity index (χ2n) is 3.60. The van der Waals surface area contributed by atoms with Gasteiger partial charge in [0.1, 0.15) is 0 Å². The van der Waals surface area contributed by atoms with Crippen LogP contribution in [0.4, 0.5) is 0 Å². The Morgan fingerprint density at radius 3 is 2.46 bits per heavy atom. The van der Waals surface area contributed by atoms with Crippen LogP contribution >= 0.6 is 0 Å². The minimum absolute atomic E-state index is 0.0437. The Kier molecular flexibility index (Phi) is 6.54. The normalized spacial score (nSPS) is 13.0. The van der Waals surface area contributed by atoms with E-state index in [0.29, 0.717) is 19.0 Å². The number of hydrogen-bond acceptors (Lipinski definition) is 3. The van der Waals surface area contributed by atoms with E-state index in [1.54, 1.807) is 0 Å². The van der Waals surface area contributed by atoms with Crippen molar-refractivity contribution in [3.63, 3.8) is 0 Å². The van der Waals surface area contributed by atoms with Crippen molar-refractivity contribution in [1.29, 1.82) is 0 Å². The summed E-state index contributed by atoms with van der Waals surface area (Å²) in [4.78, 5) is 11.3. The molecule has 0 heterocycles. The highest BCUT2D eigenvalue weighted by Crippen LogP contribution is 1.88. The molecule has 1 unspecified atom stereocenters. The fourth-order valence-electron chi connectivity index (χ4n) is 0.850. The molecular formula is C9H21N3O. The Balaban J connectivity index is 3.57. The van der Waals surface area contributed by atoms with Crippen LogP contribution < -0.4 is 16.4 Å². The maximum absolute atomic E-state index is 11.3. The van der Waals surface area contributed by atoms with E-state index in [4.69, 9.17) is 5.73 Å². The molecule has 13 heavy (non-hydrogen) atoms. The standard InChI is InChI=1S/C9H21N3O/c1-7(2)6-12-9(13)8(3)11-5-4-10/h7-8,11H,4-6,10H2,1-3H3,(H,12,13). The van der Waals surface area contributed by atoms with E-state index >= 15 is 0 Å². The fraction of sp³-hybridized carbons (Fsp3) is 0.889. The minimum atomic E-state index is -0.151. The lowest BCUT2D eigenvalue weighted by atomic mass is 10.2. The lowest BCUT2D eigenvalue weighted by Crippen LogP contribution is -2.44. The van der Waals surface area contributed by atoms with Gasteiger partial charge in [-0.1, -0.05) is 13.8 Å². The summed E-state index contributed by atoms with van der Waals surface area (Å²) in [6.07, 6.45) is 0. The van der Waals surface area contributed by atoms with Crippen molar-refractivity contribution in [2.75, 3.05) is 19.6 Å². The van der Waals surface area contributed by atoms with Gasteiger partial charge >= 0.3 is 0 Å². The average Bonchev–Trinajstić information content (AvgIpc) is 2.10. The second-order valence-corrected chi connectivity index (χ2v) is 3.60. The molecule has 0 aromatic heterocycles. The Bertz CT molecular complexity index is 148. The van der Waals surface area contributed by atoms with Gasteiger partial charge in [-0.05, 0) is 12.8 Å². The van der Waals surface area contributed by atoms with Crippen molar-refractivity contribution in [3.05, 3.63) is 0 Å². The number of nitrogens with two attached hydrogens (primary N) is 1. The van der Waals surface area contributed by atoms with Gasteiger partial charge < -0.3 is 16.4 Å². The van der Waals surface area contributed by atoms with E-state index in [9.17, 15) is 4.79 Å².